The number of pyridine rings is 1. The lowest BCUT2D eigenvalue weighted by atomic mass is 9.93. The van der Waals surface area contributed by atoms with Crippen LogP contribution in [-0.2, 0) is 11.0 Å². The van der Waals surface area contributed by atoms with Crippen molar-refractivity contribution in [1.82, 2.24) is 10.3 Å². The summed E-state index contributed by atoms with van der Waals surface area (Å²) in [5.41, 5.74) is 7.79. The topological polar surface area (TPSA) is 92.4 Å². The van der Waals surface area contributed by atoms with E-state index in [0.717, 1.165) is 28.8 Å². The van der Waals surface area contributed by atoms with Crippen molar-refractivity contribution < 1.29 is 18.0 Å². The third-order valence-corrected chi connectivity index (χ3v) is 5.00. The van der Waals surface area contributed by atoms with Crippen LogP contribution in [0.3, 0.4) is 0 Å². The van der Waals surface area contributed by atoms with E-state index >= 15 is 0 Å². The van der Waals surface area contributed by atoms with Crippen molar-refractivity contribution in [3.8, 4) is 0 Å². The van der Waals surface area contributed by atoms with Crippen LogP contribution in [0.5, 0.6) is 0 Å². The van der Waals surface area contributed by atoms with E-state index in [1.54, 1.807) is 13.2 Å². The Morgan fingerprint density at radius 1 is 1.34 bits per heavy atom. The summed E-state index contributed by atoms with van der Waals surface area (Å²) in [6.07, 6.45) is -0.540. The van der Waals surface area contributed by atoms with Crippen LogP contribution in [0.1, 0.15) is 35.1 Å². The Bertz CT molecular complexity index is 917. The Kier molecular flexibility index (Phi) is 11.1. The lowest BCUT2D eigenvalue weighted by molar-refractivity contribution is -0.137. The number of aliphatic imine (C=N–C) groups is 1. The van der Waals surface area contributed by atoms with Crippen LogP contribution in [0, 0.1) is 6.92 Å². The van der Waals surface area contributed by atoms with Crippen LogP contribution < -0.4 is 16.4 Å². The number of halogens is 3. The maximum atomic E-state index is 12.4. The molecule has 2 aromatic rings. The molecule has 2 unspecified atom stereocenters. The molecule has 0 spiro atoms. The summed E-state index contributed by atoms with van der Waals surface area (Å²) >= 11 is 4.23. The van der Waals surface area contributed by atoms with Gasteiger partial charge in [-0.15, -0.1) is 12.6 Å². The monoisotopic (exact) mass is 467 g/mol. The largest absolute Gasteiger partial charge is 0.416 e. The minimum absolute atomic E-state index is 0.0183. The molecule has 0 fully saturated rings. The number of hydrogen-bond acceptors (Lipinski definition) is 6. The van der Waals surface area contributed by atoms with Crippen molar-refractivity contribution in [2.45, 2.75) is 32.0 Å². The highest BCUT2D eigenvalue weighted by molar-refractivity contribution is 7.90. The third kappa shape index (κ3) is 8.45. The van der Waals surface area contributed by atoms with Gasteiger partial charge in [-0.25, -0.2) is 4.98 Å². The van der Waals surface area contributed by atoms with Gasteiger partial charge in [-0.1, -0.05) is 19.1 Å². The molecule has 1 heterocycles. The Balaban J connectivity index is 0.000000323. The summed E-state index contributed by atoms with van der Waals surface area (Å²) in [5, 5.41) is 5.45. The lowest BCUT2D eigenvalue weighted by Crippen LogP contribution is -2.36. The summed E-state index contributed by atoms with van der Waals surface area (Å²) in [5.74, 6) is 0.561. The lowest BCUT2D eigenvalue weighted by Gasteiger charge is -2.20. The first-order valence-electron chi connectivity index (χ1n) is 9.64. The molecule has 1 aromatic heterocycles. The quantitative estimate of drug-likeness (QED) is 0.265. The van der Waals surface area contributed by atoms with Gasteiger partial charge in [-0.05, 0) is 55.9 Å². The number of nitrogens with one attached hydrogen (secondary N) is 2. The molecule has 2 rings (SSSR count). The predicted octanol–water partition coefficient (Wildman–Crippen LogP) is 4.24. The Morgan fingerprint density at radius 3 is 2.44 bits per heavy atom. The zero-order valence-electron chi connectivity index (χ0n) is 18.1. The van der Waals surface area contributed by atoms with Gasteiger partial charge in [-0.2, -0.15) is 13.2 Å². The second kappa shape index (κ2) is 13.0. The molecule has 10 heteroatoms. The maximum Gasteiger partial charge on any atom is 0.416 e. The van der Waals surface area contributed by atoms with Gasteiger partial charge in [0.05, 0.1) is 5.56 Å². The normalized spacial score (nSPS) is 13.4. The molecule has 4 N–H and O–H groups in total. The maximum absolute atomic E-state index is 12.4. The number of carbonyl (C=O) groups is 1. The zero-order chi connectivity index (χ0) is 24.3. The number of benzene rings is 1. The van der Waals surface area contributed by atoms with Gasteiger partial charge in [0.25, 0.3) is 0 Å². The fourth-order valence-corrected chi connectivity index (χ4v) is 2.92. The number of anilines is 1. The first-order valence-corrected chi connectivity index (χ1v) is 10.1. The Morgan fingerprint density at radius 2 is 1.97 bits per heavy atom. The molecule has 0 aliphatic heterocycles. The van der Waals surface area contributed by atoms with Crippen LogP contribution in [0.25, 0.3) is 4.91 Å². The molecule has 174 valence electrons. The number of alkyl halides is 3. The summed E-state index contributed by atoms with van der Waals surface area (Å²) in [4.78, 5) is 18.6. The Hall–Kier alpha value is -2.69. The van der Waals surface area contributed by atoms with Gasteiger partial charge in [0.1, 0.15) is 5.82 Å². The molecule has 0 saturated heterocycles. The molecule has 2 atom stereocenters. The van der Waals surface area contributed by atoms with E-state index in [1.165, 1.54) is 18.3 Å². The van der Waals surface area contributed by atoms with Crippen molar-refractivity contribution in [3.05, 3.63) is 65.0 Å². The van der Waals surface area contributed by atoms with E-state index in [2.05, 4.69) is 40.0 Å². The fraction of sp³-hybridized carbons (Fsp3) is 0.318. The SMILES string of the molecule is C=N/C=C(\S)c1cnc(NC=O)c(C)c1.CNCC(N)C(C)c1ccc(C(F)(F)F)cc1. The first-order chi connectivity index (χ1) is 15.0. The second-order valence-electron chi connectivity index (χ2n) is 6.98. The van der Waals surface area contributed by atoms with Crippen LogP contribution >= 0.6 is 12.6 Å². The molecule has 1 aromatic carbocycles. The van der Waals surface area contributed by atoms with Crippen molar-refractivity contribution in [2.24, 2.45) is 10.7 Å². The van der Waals surface area contributed by atoms with E-state index in [0.29, 0.717) is 23.7 Å². The van der Waals surface area contributed by atoms with Gasteiger partial charge in [-0.3, -0.25) is 9.79 Å². The van der Waals surface area contributed by atoms with Crippen molar-refractivity contribution in [3.63, 3.8) is 0 Å². The minimum atomic E-state index is -4.28. The van der Waals surface area contributed by atoms with Gasteiger partial charge >= 0.3 is 6.18 Å². The van der Waals surface area contributed by atoms with E-state index in [9.17, 15) is 18.0 Å². The van der Waals surface area contributed by atoms with E-state index in [1.807, 2.05) is 19.9 Å². The van der Waals surface area contributed by atoms with Crippen molar-refractivity contribution in [1.29, 1.82) is 0 Å². The number of likely N-dealkylation sites (N-methyl/N-ethyl adjacent to an activating group) is 1. The summed E-state index contributed by atoms with van der Waals surface area (Å²) in [6, 6.07) is 6.92. The molecule has 6 nitrogen and oxygen atoms in total. The zero-order valence-corrected chi connectivity index (χ0v) is 19.0. The molecular weight excluding hydrogens is 439 g/mol. The Labute approximate surface area is 191 Å². The molecular formula is C22H28F3N5OS. The molecule has 1 amide bonds. The third-order valence-electron chi connectivity index (χ3n) is 4.63. The summed E-state index contributed by atoms with van der Waals surface area (Å²) in [7, 11) is 1.79. The molecule has 0 bridgehead atoms. The molecule has 0 saturated carbocycles. The number of aryl methyl sites for hydroxylation is 1. The molecule has 0 radical (unpaired) electrons. The van der Waals surface area contributed by atoms with E-state index in [4.69, 9.17) is 5.73 Å². The standard InChI is InChI=1S/C12H17F3N2.C10H11N3OS/c1-8(11(16)7-17-2)9-3-5-10(6-4-9)12(13,14)15;1-7-3-8(9(15)5-11-2)4-12-10(7)13-6-14/h3-6,8,11,17H,7,16H2,1-2H3;3-6,15H,2H2,1H3,(H,12,13,14)/b;9-5-. The minimum Gasteiger partial charge on any atom is -0.326 e. The van der Waals surface area contributed by atoms with Crippen LogP contribution in [-0.4, -0.2) is 37.7 Å². The van der Waals surface area contributed by atoms with Crippen molar-refractivity contribution in [2.75, 3.05) is 18.9 Å². The summed E-state index contributed by atoms with van der Waals surface area (Å²) in [6.45, 7) is 7.73. The van der Waals surface area contributed by atoms with Crippen molar-refractivity contribution >= 4 is 36.5 Å². The first kappa shape index (κ1) is 27.3. The number of carbonyl (C=O) groups excluding carboxylic acids is 1. The second-order valence-corrected chi connectivity index (χ2v) is 7.46. The number of nitrogens with zero attached hydrogens (tertiary/aromatic N) is 2. The number of rotatable bonds is 8. The van der Waals surface area contributed by atoms with Crippen LogP contribution in [0.15, 0.2) is 47.7 Å². The predicted molar refractivity (Wildman–Crippen MR) is 127 cm³/mol. The molecule has 0 aliphatic rings. The fourth-order valence-electron chi connectivity index (χ4n) is 2.72. The highest BCUT2D eigenvalue weighted by Crippen LogP contribution is 2.30. The number of amides is 1. The van der Waals surface area contributed by atoms with Gasteiger partial charge in [0, 0.05) is 35.5 Å². The number of aromatic nitrogens is 1. The van der Waals surface area contributed by atoms with E-state index < -0.39 is 11.7 Å². The average Bonchev–Trinajstić information content (AvgIpc) is 2.75. The highest BCUT2D eigenvalue weighted by atomic mass is 32.1. The van der Waals surface area contributed by atoms with E-state index in [-0.39, 0.29) is 12.0 Å². The number of thiol groups is 1. The number of nitrogens with two attached hydrogens (primary N) is 1. The highest BCUT2D eigenvalue weighted by Gasteiger charge is 2.30. The smallest absolute Gasteiger partial charge is 0.326 e. The number of hydrogen-bond donors (Lipinski definition) is 4. The average molecular weight is 468 g/mol. The van der Waals surface area contributed by atoms with Gasteiger partial charge in [0.2, 0.25) is 6.41 Å². The van der Waals surface area contributed by atoms with Crippen LogP contribution in [0.4, 0.5) is 19.0 Å². The molecule has 0 aliphatic carbocycles. The van der Waals surface area contributed by atoms with Crippen LogP contribution in [0.2, 0.25) is 0 Å². The van der Waals surface area contributed by atoms with Gasteiger partial charge in [0.15, 0.2) is 0 Å². The van der Waals surface area contributed by atoms with Gasteiger partial charge < -0.3 is 16.4 Å². The molecule has 32 heavy (non-hydrogen) atoms. The summed E-state index contributed by atoms with van der Waals surface area (Å²) < 4.78 is 37.1.